The molecule has 2 heterocycles. The van der Waals surface area contributed by atoms with Gasteiger partial charge in [-0.15, -0.1) is 0 Å². The maximum atomic E-state index is 4.52. The van der Waals surface area contributed by atoms with Crippen molar-refractivity contribution >= 4 is 11.8 Å². The molecule has 0 spiro atoms. The summed E-state index contributed by atoms with van der Waals surface area (Å²) in [5.74, 6) is 1.58. The van der Waals surface area contributed by atoms with Crippen LogP contribution in [0.5, 0.6) is 0 Å². The standard InChI is InChI=1S/C15H21N5/c1-3-4-11-20(2)14-8-10-17-15(19-14)18-12-13-7-5-6-9-16-13/h5-10H,3-4,11-12H2,1-2H3,(H,17,18,19). The molecule has 0 aliphatic rings. The molecule has 106 valence electrons. The lowest BCUT2D eigenvalue weighted by molar-refractivity contribution is 0.758. The Labute approximate surface area is 120 Å². The second kappa shape index (κ2) is 7.43. The highest BCUT2D eigenvalue weighted by Gasteiger charge is 2.04. The van der Waals surface area contributed by atoms with Crippen molar-refractivity contribution < 1.29 is 0 Å². The second-order valence-corrected chi connectivity index (χ2v) is 4.69. The molecule has 0 atom stereocenters. The molecule has 0 aliphatic heterocycles. The third kappa shape index (κ3) is 4.19. The molecule has 20 heavy (non-hydrogen) atoms. The van der Waals surface area contributed by atoms with Gasteiger partial charge >= 0.3 is 0 Å². The SMILES string of the molecule is CCCCN(C)c1ccnc(NCc2ccccn2)n1. The van der Waals surface area contributed by atoms with E-state index in [-0.39, 0.29) is 0 Å². The highest BCUT2D eigenvalue weighted by atomic mass is 15.2. The molecule has 2 rings (SSSR count). The molecule has 0 bridgehead atoms. The van der Waals surface area contributed by atoms with Crippen LogP contribution < -0.4 is 10.2 Å². The predicted octanol–water partition coefficient (Wildman–Crippen LogP) is 2.72. The first-order valence-corrected chi connectivity index (χ1v) is 6.97. The van der Waals surface area contributed by atoms with E-state index < -0.39 is 0 Å². The maximum Gasteiger partial charge on any atom is 0.224 e. The number of rotatable bonds is 7. The number of nitrogens with zero attached hydrogens (tertiary/aromatic N) is 4. The van der Waals surface area contributed by atoms with Gasteiger partial charge in [-0.3, -0.25) is 4.98 Å². The van der Waals surface area contributed by atoms with Crippen molar-refractivity contribution in [2.24, 2.45) is 0 Å². The Balaban J connectivity index is 1.95. The van der Waals surface area contributed by atoms with Crippen LogP contribution in [0.2, 0.25) is 0 Å². The van der Waals surface area contributed by atoms with Crippen LogP contribution in [0.3, 0.4) is 0 Å². The van der Waals surface area contributed by atoms with Crippen LogP contribution in [0.4, 0.5) is 11.8 Å². The number of pyridine rings is 1. The Morgan fingerprint density at radius 1 is 1.15 bits per heavy atom. The fraction of sp³-hybridized carbons (Fsp3) is 0.400. The Hall–Kier alpha value is -2.17. The molecule has 2 aromatic heterocycles. The lowest BCUT2D eigenvalue weighted by atomic mass is 10.3. The van der Waals surface area contributed by atoms with Crippen LogP contribution in [0.25, 0.3) is 0 Å². The van der Waals surface area contributed by atoms with Gasteiger partial charge in [0.25, 0.3) is 0 Å². The van der Waals surface area contributed by atoms with Gasteiger partial charge < -0.3 is 10.2 Å². The number of nitrogens with one attached hydrogen (secondary N) is 1. The average Bonchev–Trinajstić information content (AvgIpc) is 2.52. The maximum absolute atomic E-state index is 4.52. The van der Waals surface area contributed by atoms with Gasteiger partial charge in [0.1, 0.15) is 5.82 Å². The molecule has 0 aliphatic carbocycles. The topological polar surface area (TPSA) is 53.9 Å². The van der Waals surface area contributed by atoms with Gasteiger partial charge in [-0.05, 0) is 24.6 Å². The smallest absolute Gasteiger partial charge is 0.224 e. The van der Waals surface area contributed by atoms with E-state index in [0.29, 0.717) is 12.5 Å². The first-order chi connectivity index (χ1) is 9.79. The fourth-order valence-electron chi connectivity index (χ4n) is 1.83. The molecule has 1 N–H and O–H groups in total. The molecule has 0 radical (unpaired) electrons. The third-order valence-corrected chi connectivity index (χ3v) is 3.03. The molecule has 0 aromatic carbocycles. The van der Waals surface area contributed by atoms with E-state index >= 15 is 0 Å². The van der Waals surface area contributed by atoms with Gasteiger partial charge in [0.05, 0.1) is 12.2 Å². The number of hydrogen-bond donors (Lipinski definition) is 1. The molecule has 0 saturated carbocycles. The van der Waals surface area contributed by atoms with E-state index in [9.17, 15) is 0 Å². The highest BCUT2D eigenvalue weighted by Crippen LogP contribution is 2.11. The molecule has 5 heteroatoms. The van der Waals surface area contributed by atoms with Crippen LogP contribution in [0, 0.1) is 0 Å². The predicted molar refractivity (Wildman–Crippen MR) is 81.8 cm³/mol. The first-order valence-electron chi connectivity index (χ1n) is 6.97. The summed E-state index contributed by atoms with van der Waals surface area (Å²) in [6.07, 6.45) is 5.91. The van der Waals surface area contributed by atoms with Crippen LogP contribution in [-0.4, -0.2) is 28.5 Å². The van der Waals surface area contributed by atoms with Gasteiger partial charge in [0.15, 0.2) is 0 Å². The van der Waals surface area contributed by atoms with Crippen LogP contribution in [0.15, 0.2) is 36.7 Å². The summed E-state index contributed by atoms with van der Waals surface area (Å²) in [7, 11) is 2.06. The van der Waals surface area contributed by atoms with Crippen molar-refractivity contribution in [1.82, 2.24) is 15.0 Å². The largest absolute Gasteiger partial charge is 0.360 e. The fourth-order valence-corrected chi connectivity index (χ4v) is 1.83. The first kappa shape index (κ1) is 14.2. The van der Waals surface area contributed by atoms with Crippen molar-refractivity contribution in [2.45, 2.75) is 26.3 Å². The van der Waals surface area contributed by atoms with E-state index in [2.05, 4.69) is 39.1 Å². The van der Waals surface area contributed by atoms with E-state index in [0.717, 1.165) is 24.5 Å². The third-order valence-electron chi connectivity index (χ3n) is 3.03. The van der Waals surface area contributed by atoms with Crippen molar-refractivity contribution in [2.75, 3.05) is 23.8 Å². The van der Waals surface area contributed by atoms with Gasteiger partial charge in [-0.2, -0.15) is 4.98 Å². The Morgan fingerprint density at radius 2 is 2.05 bits per heavy atom. The van der Waals surface area contributed by atoms with E-state index in [1.165, 1.54) is 6.42 Å². The van der Waals surface area contributed by atoms with Crippen molar-refractivity contribution in [3.05, 3.63) is 42.4 Å². The summed E-state index contributed by atoms with van der Waals surface area (Å²) in [6, 6.07) is 7.79. The van der Waals surface area contributed by atoms with Crippen LogP contribution in [-0.2, 0) is 6.54 Å². The summed E-state index contributed by atoms with van der Waals surface area (Å²) < 4.78 is 0. The normalized spacial score (nSPS) is 10.3. The quantitative estimate of drug-likeness (QED) is 0.839. The van der Waals surface area contributed by atoms with Crippen molar-refractivity contribution in [1.29, 1.82) is 0 Å². The molecular formula is C15H21N5. The van der Waals surface area contributed by atoms with Gasteiger partial charge in [-0.25, -0.2) is 4.98 Å². The van der Waals surface area contributed by atoms with Gasteiger partial charge in [0, 0.05) is 26.0 Å². The Bertz CT molecular complexity index is 515. The van der Waals surface area contributed by atoms with Crippen molar-refractivity contribution in [3.63, 3.8) is 0 Å². The Kier molecular flexibility index (Phi) is 5.29. The molecular weight excluding hydrogens is 250 g/mol. The summed E-state index contributed by atoms with van der Waals surface area (Å²) in [5, 5.41) is 3.20. The minimum atomic E-state index is 0.628. The minimum absolute atomic E-state index is 0.628. The molecule has 0 amide bonds. The molecule has 2 aromatic rings. The lowest BCUT2D eigenvalue weighted by Crippen LogP contribution is -2.20. The molecule has 0 unspecified atom stereocenters. The van der Waals surface area contributed by atoms with E-state index in [4.69, 9.17) is 0 Å². The molecule has 5 nitrogen and oxygen atoms in total. The zero-order valence-electron chi connectivity index (χ0n) is 12.1. The van der Waals surface area contributed by atoms with Gasteiger partial charge in [-0.1, -0.05) is 19.4 Å². The highest BCUT2D eigenvalue weighted by molar-refractivity contribution is 5.41. The number of hydrogen-bond acceptors (Lipinski definition) is 5. The zero-order valence-corrected chi connectivity index (χ0v) is 12.1. The van der Waals surface area contributed by atoms with Gasteiger partial charge in [0.2, 0.25) is 5.95 Å². The second-order valence-electron chi connectivity index (χ2n) is 4.69. The summed E-state index contributed by atoms with van der Waals surface area (Å²) in [4.78, 5) is 15.2. The summed E-state index contributed by atoms with van der Waals surface area (Å²) in [6.45, 7) is 3.82. The number of aromatic nitrogens is 3. The Morgan fingerprint density at radius 3 is 2.80 bits per heavy atom. The van der Waals surface area contributed by atoms with E-state index in [1.807, 2.05) is 24.3 Å². The lowest BCUT2D eigenvalue weighted by Gasteiger charge is -2.18. The van der Waals surface area contributed by atoms with Crippen molar-refractivity contribution in [3.8, 4) is 0 Å². The minimum Gasteiger partial charge on any atom is -0.360 e. The average molecular weight is 271 g/mol. The number of unbranched alkanes of at least 4 members (excludes halogenated alkanes) is 1. The monoisotopic (exact) mass is 271 g/mol. The summed E-state index contributed by atoms with van der Waals surface area (Å²) >= 11 is 0. The molecule has 0 saturated heterocycles. The number of anilines is 2. The van der Waals surface area contributed by atoms with E-state index in [1.54, 1.807) is 12.4 Å². The zero-order chi connectivity index (χ0) is 14.2. The van der Waals surface area contributed by atoms with Crippen LogP contribution in [0.1, 0.15) is 25.5 Å². The van der Waals surface area contributed by atoms with Crippen LogP contribution >= 0.6 is 0 Å². The summed E-state index contributed by atoms with van der Waals surface area (Å²) in [5.41, 5.74) is 0.973. The molecule has 0 fully saturated rings.